The molecule has 0 radical (unpaired) electrons. The van der Waals surface area contributed by atoms with Crippen LogP contribution in [-0.4, -0.2) is 42.2 Å². The number of piperidine rings is 1. The number of aliphatic hydroxyl groups excluding tert-OH is 1. The highest BCUT2D eigenvalue weighted by atomic mass is 16.3. The van der Waals surface area contributed by atoms with E-state index in [4.69, 9.17) is 10.8 Å². The molecule has 3 N–H and O–H groups in total. The molecular weight excluding hydrogens is 156 g/mol. The summed E-state index contributed by atoms with van der Waals surface area (Å²) in [6.45, 7) is 2.51. The standard InChI is InChI=1S/C8H16N2O2/c9-8(12)7-2-1-3-10(6-7)4-5-11/h7,11H,1-6H2,(H2,9,12). The van der Waals surface area contributed by atoms with Gasteiger partial charge in [0.2, 0.25) is 5.91 Å². The number of amides is 1. The lowest BCUT2D eigenvalue weighted by atomic mass is 9.98. The second kappa shape index (κ2) is 4.42. The predicted molar refractivity (Wildman–Crippen MR) is 45.4 cm³/mol. The maximum atomic E-state index is 10.8. The highest BCUT2D eigenvalue weighted by molar-refractivity contribution is 5.76. The molecule has 1 saturated heterocycles. The highest BCUT2D eigenvalue weighted by Crippen LogP contribution is 2.15. The Kier molecular flexibility index (Phi) is 3.49. The van der Waals surface area contributed by atoms with Crippen LogP contribution in [0.25, 0.3) is 0 Å². The molecule has 1 heterocycles. The largest absolute Gasteiger partial charge is 0.395 e. The van der Waals surface area contributed by atoms with E-state index in [0.717, 1.165) is 25.9 Å². The van der Waals surface area contributed by atoms with E-state index in [-0.39, 0.29) is 18.4 Å². The molecular formula is C8H16N2O2. The topological polar surface area (TPSA) is 66.6 Å². The van der Waals surface area contributed by atoms with Gasteiger partial charge in [-0.3, -0.25) is 4.79 Å². The van der Waals surface area contributed by atoms with E-state index in [2.05, 4.69) is 4.90 Å². The summed E-state index contributed by atoms with van der Waals surface area (Å²) < 4.78 is 0. The first-order valence-electron chi connectivity index (χ1n) is 4.36. The zero-order valence-corrected chi connectivity index (χ0v) is 7.20. The zero-order chi connectivity index (χ0) is 8.97. The first-order chi connectivity index (χ1) is 5.74. The van der Waals surface area contributed by atoms with Crippen LogP contribution < -0.4 is 5.73 Å². The zero-order valence-electron chi connectivity index (χ0n) is 7.20. The summed E-state index contributed by atoms with van der Waals surface area (Å²) in [6.07, 6.45) is 1.91. The minimum atomic E-state index is -0.211. The molecule has 12 heavy (non-hydrogen) atoms. The summed E-state index contributed by atoms with van der Waals surface area (Å²) in [5, 5.41) is 8.69. The number of carbonyl (C=O) groups is 1. The molecule has 0 saturated carbocycles. The van der Waals surface area contributed by atoms with Crippen LogP contribution in [0.15, 0.2) is 0 Å². The number of rotatable bonds is 3. The molecule has 4 heteroatoms. The smallest absolute Gasteiger partial charge is 0.221 e. The minimum Gasteiger partial charge on any atom is -0.395 e. The lowest BCUT2D eigenvalue weighted by Crippen LogP contribution is -2.42. The van der Waals surface area contributed by atoms with Crippen LogP contribution in [0.1, 0.15) is 12.8 Å². The molecule has 1 unspecified atom stereocenters. The molecule has 1 rings (SSSR count). The summed E-state index contributed by atoms with van der Waals surface area (Å²) in [6, 6.07) is 0. The van der Waals surface area contributed by atoms with Gasteiger partial charge in [0.15, 0.2) is 0 Å². The Balaban J connectivity index is 2.35. The second-order valence-electron chi connectivity index (χ2n) is 3.27. The molecule has 1 aliphatic heterocycles. The lowest BCUT2D eigenvalue weighted by molar-refractivity contribution is -0.123. The van der Waals surface area contributed by atoms with Gasteiger partial charge in [0.05, 0.1) is 12.5 Å². The van der Waals surface area contributed by atoms with Crippen LogP contribution in [0.3, 0.4) is 0 Å². The van der Waals surface area contributed by atoms with Gasteiger partial charge >= 0.3 is 0 Å². The number of β-amino-alcohol motifs (C(OH)–C–C–N with tert-alkyl or cyclic N) is 1. The quantitative estimate of drug-likeness (QED) is 0.584. The predicted octanol–water partition coefficient (Wildman–Crippen LogP) is -0.824. The summed E-state index contributed by atoms with van der Waals surface area (Å²) in [4.78, 5) is 12.9. The van der Waals surface area contributed by atoms with E-state index in [1.807, 2.05) is 0 Å². The Morgan fingerprint density at radius 3 is 3.00 bits per heavy atom. The fraction of sp³-hybridized carbons (Fsp3) is 0.875. The van der Waals surface area contributed by atoms with Crippen molar-refractivity contribution < 1.29 is 9.90 Å². The number of hydrogen-bond donors (Lipinski definition) is 2. The van der Waals surface area contributed by atoms with Crippen molar-refractivity contribution in [3.8, 4) is 0 Å². The molecule has 0 spiro atoms. The number of nitrogens with zero attached hydrogens (tertiary/aromatic N) is 1. The minimum absolute atomic E-state index is 0.00898. The van der Waals surface area contributed by atoms with Crippen LogP contribution >= 0.6 is 0 Å². The molecule has 1 aliphatic rings. The molecule has 0 bridgehead atoms. The van der Waals surface area contributed by atoms with E-state index in [9.17, 15) is 4.79 Å². The van der Waals surface area contributed by atoms with Crippen molar-refractivity contribution in [1.82, 2.24) is 4.90 Å². The Labute approximate surface area is 72.3 Å². The molecule has 0 aromatic carbocycles. The second-order valence-corrected chi connectivity index (χ2v) is 3.27. The van der Waals surface area contributed by atoms with Crippen molar-refractivity contribution in [2.45, 2.75) is 12.8 Å². The number of nitrogens with two attached hydrogens (primary N) is 1. The van der Waals surface area contributed by atoms with Gasteiger partial charge in [-0.05, 0) is 19.4 Å². The third-order valence-corrected chi connectivity index (χ3v) is 2.32. The van der Waals surface area contributed by atoms with Crippen molar-refractivity contribution in [3.05, 3.63) is 0 Å². The van der Waals surface area contributed by atoms with E-state index in [1.165, 1.54) is 0 Å². The Hall–Kier alpha value is -0.610. The van der Waals surface area contributed by atoms with Gasteiger partial charge in [0.25, 0.3) is 0 Å². The number of hydrogen-bond acceptors (Lipinski definition) is 3. The van der Waals surface area contributed by atoms with E-state index >= 15 is 0 Å². The molecule has 0 aliphatic carbocycles. The Morgan fingerprint density at radius 1 is 1.67 bits per heavy atom. The highest BCUT2D eigenvalue weighted by Gasteiger charge is 2.22. The van der Waals surface area contributed by atoms with Gasteiger partial charge in [-0.2, -0.15) is 0 Å². The molecule has 0 aromatic heterocycles. The molecule has 1 fully saturated rings. The van der Waals surface area contributed by atoms with Crippen LogP contribution in [0.5, 0.6) is 0 Å². The van der Waals surface area contributed by atoms with Gasteiger partial charge in [0.1, 0.15) is 0 Å². The average Bonchev–Trinajstić information content (AvgIpc) is 2.05. The van der Waals surface area contributed by atoms with E-state index < -0.39 is 0 Å². The summed E-state index contributed by atoms with van der Waals surface area (Å²) in [5.41, 5.74) is 5.20. The monoisotopic (exact) mass is 172 g/mol. The molecule has 1 atom stereocenters. The van der Waals surface area contributed by atoms with Crippen molar-refractivity contribution in [2.24, 2.45) is 11.7 Å². The summed E-state index contributed by atoms with van der Waals surface area (Å²) in [5.74, 6) is -0.220. The number of primary amides is 1. The average molecular weight is 172 g/mol. The van der Waals surface area contributed by atoms with Crippen LogP contribution in [0, 0.1) is 5.92 Å². The third-order valence-electron chi connectivity index (χ3n) is 2.32. The van der Waals surface area contributed by atoms with Gasteiger partial charge in [-0.25, -0.2) is 0 Å². The maximum absolute atomic E-state index is 10.8. The fourth-order valence-corrected chi connectivity index (χ4v) is 1.63. The van der Waals surface area contributed by atoms with Crippen molar-refractivity contribution in [1.29, 1.82) is 0 Å². The number of aliphatic hydroxyl groups is 1. The normalized spacial score (nSPS) is 25.6. The molecule has 70 valence electrons. The number of likely N-dealkylation sites (tertiary alicyclic amines) is 1. The molecule has 4 nitrogen and oxygen atoms in total. The Bertz CT molecular complexity index is 159. The van der Waals surface area contributed by atoms with Gasteiger partial charge < -0.3 is 15.7 Å². The van der Waals surface area contributed by atoms with Gasteiger partial charge in [0, 0.05) is 13.1 Å². The Morgan fingerprint density at radius 2 is 2.42 bits per heavy atom. The van der Waals surface area contributed by atoms with E-state index in [1.54, 1.807) is 0 Å². The van der Waals surface area contributed by atoms with Crippen molar-refractivity contribution in [3.63, 3.8) is 0 Å². The first-order valence-corrected chi connectivity index (χ1v) is 4.36. The molecule has 0 aromatic rings. The van der Waals surface area contributed by atoms with E-state index in [0.29, 0.717) is 6.54 Å². The summed E-state index contributed by atoms with van der Waals surface area (Å²) in [7, 11) is 0. The van der Waals surface area contributed by atoms with Crippen molar-refractivity contribution >= 4 is 5.91 Å². The van der Waals surface area contributed by atoms with Crippen LogP contribution in [-0.2, 0) is 4.79 Å². The first kappa shape index (κ1) is 9.48. The van der Waals surface area contributed by atoms with Gasteiger partial charge in [-0.1, -0.05) is 0 Å². The van der Waals surface area contributed by atoms with Crippen molar-refractivity contribution in [2.75, 3.05) is 26.2 Å². The van der Waals surface area contributed by atoms with Crippen LogP contribution in [0.4, 0.5) is 0 Å². The third kappa shape index (κ3) is 2.46. The molecule has 1 amide bonds. The van der Waals surface area contributed by atoms with Gasteiger partial charge in [-0.15, -0.1) is 0 Å². The SMILES string of the molecule is NC(=O)C1CCCN(CCO)C1. The maximum Gasteiger partial charge on any atom is 0.221 e. The lowest BCUT2D eigenvalue weighted by Gasteiger charge is -2.30. The van der Waals surface area contributed by atoms with Crippen LogP contribution in [0.2, 0.25) is 0 Å². The fourth-order valence-electron chi connectivity index (χ4n) is 1.63. The summed E-state index contributed by atoms with van der Waals surface area (Å²) >= 11 is 0. The number of carbonyl (C=O) groups excluding carboxylic acids is 1.